The lowest BCUT2D eigenvalue weighted by molar-refractivity contribution is -0.146. The van der Waals surface area contributed by atoms with Crippen molar-refractivity contribution in [3.8, 4) is 0 Å². The van der Waals surface area contributed by atoms with Gasteiger partial charge in [-0.25, -0.2) is 4.98 Å². The van der Waals surface area contributed by atoms with Gasteiger partial charge in [0.25, 0.3) is 0 Å². The molecular formula is C14H18ClN3O2. The lowest BCUT2D eigenvalue weighted by atomic mass is 9.93. The van der Waals surface area contributed by atoms with Gasteiger partial charge >= 0.3 is 0 Å². The van der Waals surface area contributed by atoms with E-state index in [4.69, 9.17) is 11.6 Å². The van der Waals surface area contributed by atoms with E-state index in [9.17, 15) is 9.90 Å². The van der Waals surface area contributed by atoms with E-state index in [1.165, 1.54) is 0 Å². The summed E-state index contributed by atoms with van der Waals surface area (Å²) >= 11 is 5.83. The number of carbonyl (C=O) groups is 1. The minimum atomic E-state index is -0.322. The van der Waals surface area contributed by atoms with E-state index in [2.05, 4.69) is 9.88 Å². The molecule has 2 saturated heterocycles. The van der Waals surface area contributed by atoms with Crippen LogP contribution in [0, 0.1) is 5.92 Å². The van der Waals surface area contributed by atoms with Crippen LogP contribution in [0.3, 0.4) is 0 Å². The van der Waals surface area contributed by atoms with Gasteiger partial charge in [-0.15, -0.1) is 0 Å². The second kappa shape index (κ2) is 5.58. The van der Waals surface area contributed by atoms with Gasteiger partial charge in [-0.05, 0) is 25.0 Å². The fourth-order valence-corrected chi connectivity index (χ4v) is 2.92. The Balaban J connectivity index is 1.54. The van der Waals surface area contributed by atoms with Crippen molar-refractivity contribution >= 4 is 23.3 Å². The molecule has 2 aliphatic heterocycles. The van der Waals surface area contributed by atoms with E-state index in [0.717, 1.165) is 31.7 Å². The van der Waals surface area contributed by atoms with Crippen molar-refractivity contribution in [2.24, 2.45) is 5.92 Å². The standard InChI is InChI=1S/C14H18ClN3O2/c15-11-1-2-13(16-7-11)17-5-3-10(4-6-17)14(20)18-8-12(19)9-18/h1-2,7,10,12,19H,3-6,8-9H2. The van der Waals surface area contributed by atoms with Gasteiger partial charge in [0, 0.05) is 38.3 Å². The van der Waals surface area contributed by atoms with Crippen LogP contribution in [0.5, 0.6) is 0 Å². The number of piperidine rings is 1. The molecule has 0 atom stereocenters. The minimum absolute atomic E-state index is 0.0889. The van der Waals surface area contributed by atoms with Gasteiger partial charge in [-0.1, -0.05) is 11.6 Å². The van der Waals surface area contributed by atoms with Crippen molar-refractivity contribution in [3.63, 3.8) is 0 Å². The minimum Gasteiger partial charge on any atom is -0.389 e. The first kappa shape index (κ1) is 13.6. The van der Waals surface area contributed by atoms with Crippen molar-refractivity contribution in [1.29, 1.82) is 0 Å². The molecule has 1 amide bonds. The first-order valence-electron chi connectivity index (χ1n) is 6.97. The molecule has 2 aliphatic rings. The normalized spacial score (nSPS) is 20.9. The number of pyridine rings is 1. The van der Waals surface area contributed by atoms with Crippen LogP contribution in [0.1, 0.15) is 12.8 Å². The number of hydrogen-bond acceptors (Lipinski definition) is 4. The highest BCUT2D eigenvalue weighted by molar-refractivity contribution is 6.30. The van der Waals surface area contributed by atoms with Gasteiger partial charge in [0.2, 0.25) is 5.91 Å². The molecule has 5 nitrogen and oxygen atoms in total. The van der Waals surface area contributed by atoms with Crippen LogP contribution in [-0.4, -0.2) is 53.2 Å². The molecule has 0 aliphatic carbocycles. The van der Waals surface area contributed by atoms with Crippen molar-refractivity contribution in [2.45, 2.75) is 18.9 Å². The molecule has 0 spiro atoms. The Morgan fingerprint density at radius 2 is 2.00 bits per heavy atom. The number of anilines is 1. The number of amides is 1. The summed E-state index contributed by atoms with van der Waals surface area (Å²) in [4.78, 5) is 20.4. The smallest absolute Gasteiger partial charge is 0.225 e. The second-order valence-corrected chi connectivity index (χ2v) is 5.93. The van der Waals surface area contributed by atoms with E-state index in [1.807, 2.05) is 12.1 Å². The summed E-state index contributed by atoms with van der Waals surface area (Å²) in [5.74, 6) is 1.20. The van der Waals surface area contributed by atoms with Crippen LogP contribution in [-0.2, 0) is 4.79 Å². The van der Waals surface area contributed by atoms with Gasteiger partial charge in [0.1, 0.15) is 5.82 Å². The topological polar surface area (TPSA) is 56.7 Å². The van der Waals surface area contributed by atoms with E-state index >= 15 is 0 Å². The molecule has 2 fully saturated rings. The highest BCUT2D eigenvalue weighted by Gasteiger charge is 2.34. The third-order valence-electron chi connectivity index (χ3n) is 4.05. The Hall–Kier alpha value is -1.33. The average molecular weight is 296 g/mol. The monoisotopic (exact) mass is 295 g/mol. The van der Waals surface area contributed by atoms with Crippen LogP contribution >= 0.6 is 11.6 Å². The molecule has 0 saturated carbocycles. The third-order valence-corrected chi connectivity index (χ3v) is 4.28. The number of rotatable bonds is 2. The Bertz CT molecular complexity index is 480. The van der Waals surface area contributed by atoms with Gasteiger partial charge in [0.05, 0.1) is 11.1 Å². The summed E-state index contributed by atoms with van der Waals surface area (Å²) in [5.41, 5.74) is 0. The second-order valence-electron chi connectivity index (χ2n) is 5.49. The van der Waals surface area contributed by atoms with Crippen LogP contribution in [0.2, 0.25) is 5.02 Å². The molecule has 0 unspecified atom stereocenters. The zero-order chi connectivity index (χ0) is 14.1. The number of carbonyl (C=O) groups excluding carboxylic acids is 1. The summed E-state index contributed by atoms with van der Waals surface area (Å²) in [6.45, 7) is 2.67. The van der Waals surface area contributed by atoms with Crippen LogP contribution in [0.25, 0.3) is 0 Å². The summed E-state index contributed by atoms with van der Waals surface area (Å²) in [6.07, 6.45) is 3.01. The van der Waals surface area contributed by atoms with Gasteiger partial charge < -0.3 is 14.9 Å². The van der Waals surface area contributed by atoms with E-state index in [-0.39, 0.29) is 17.9 Å². The zero-order valence-electron chi connectivity index (χ0n) is 11.2. The highest BCUT2D eigenvalue weighted by atomic mass is 35.5. The Labute approximate surface area is 123 Å². The predicted octanol–water partition coefficient (Wildman–Crippen LogP) is 1.15. The van der Waals surface area contributed by atoms with Gasteiger partial charge in [0.15, 0.2) is 0 Å². The Morgan fingerprint density at radius 1 is 1.30 bits per heavy atom. The number of aliphatic hydroxyl groups is 1. The Morgan fingerprint density at radius 3 is 2.55 bits per heavy atom. The number of hydrogen-bond donors (Lipinski definition) is 1. The lowest BCUT2D eigenvalue weighted by Crippen LogP contribution is -2.56. The maximum absolute atomic E-state index is 12.2. The zero-order valence-corrected chi connectivity index (χ0v) is 12.0. The number of halogens is 1. The fourth-order valence-electron chi connectivity index (χ4n) is 2.80. The number of likely N-dealkylation sites (tertiary alicyclic amines) is 1. The Kier molecular flexibility index (Phi) is 3.81. The fraction of sp³-hybridized carbons (Fsp3) is 0.571. The molecule has 0 aromatic carbocycles. The summed E-state index contributed by atoms with van der Waals surface area (Å²) in [6, 6.07) is 3.75. The summed E-state index contributed by atoms with van der Waals surface area (Å²) in [7, 11) is 0. The molecule has 1 aromatic heterocycles. The van der Waals surface area contributed by atoms with Crippen molar-refractivity contribution in [1.82, 2.24) is 9.88 Å². The van der Waals surface area contributed by atoms with E-state index < -0.39 is 0 Å². The SMILES string of the molecule is O=C(C1CCN(c2ccc(Cl)cn2)CC1)N1CC(O)C1. The largest absolute Gasteiger partial charge is 0.389 e. The molecule has 1 N–H and O–H groups in total. The number of nitrogens with zero attached hydrogens (tertiary/aromatic N) is 3. The van der Waals surface area contributed by atoms with Crippen molar-refractivity contribution in [2.75, 3.05) is 31.1 Å². The molecule has 0 bridgehead atoms. The first-order valence-corrected chi connectivity index (χ1v) is 7.34. The summed E-state index contributed by atoms with van der Waals surface area (Å²) < 4.78 is 0. The van der Waals surface area contributed by atoms with Crippen molar-refractivity contribution in [3.05, 3.63) is 23.4 Å². The average Bonchev–Trinajstić information content (AvgIpc) is 2.44. The maximum Gasteiger partial charge on any atom is 0.225 e. The molecule has 3 heterocycles. The van der Waals surface area contributed by atoms with E-state index in [0.29, 0.717) is 18.1 Å². The van der Waals surface area contributed by atoms with Crippen LogP contribution in [0.15, 0.2) is 18.3 Å². The first-order chi connectivity index (χ1) is 9.63. The number of aromatic nitrogens is 1. The predicted molar refractivity (Wildman–Crippen MR) is 76.8 cm³/mol. The summed E-state index contributed by atoms with van der Waals surface area (Å²) in [5, 5.41) is 9.89. The molecule has 3 rings (SSSR count). The molecule has 1 aromatic rings. The van der Waals surface area contributed by atoms with Crippen molar-refractivity contribution < 1.29 is 9.90 Å². The number of β-amino-alcohol motifs (C(OH)–C–C–N with tert-alkyl or cyclic N) is 1. The van der Waals surface area contributed by atoms with Gasteiger partial charge in [-0.3, -0.25) is 4.79 Å². The molecular weight excluding hydrogens is 278 g/mol. The van der Waals surface area contributed by atoms with E-state index in [1.54, 1.807) is 11.1 Å². The molecule has 6 heteroatoms. The molecule has 20 heavy (non-hydrogen) atoms. The maximum atomic E-state index is 12.2. The highest BCUT2D eigenvalue weighted by Crippen LogP contribution is 2.25. The molecule has 108 valence electrons. The quantitative estimate of drug-likeness (QED) is 0.889. The van der Waals surface area contributed by atoms with Gasteiger partial charge in [-0.2, -0.15) is 0 Å². The lowest BCUT2D eigenvalue weighted by Gasteiger charge is -2.40. The van der Waals surface area contributed by atoms with Crippen LogP contribution in [0.4, 0.5) is 5.82 Å². The third kappa shape index (κ3) is 2.74. The number of aliphatic hydroxyl groups excluding tert-OH is 1. The van der Waals surface area contributed by atoms with Crippen LogP contribution < -0.4 is 4.90 Å². The molecule has 0 radical (unpaired) electrons.